The van der Waals surface area contributed by atoms with Gasteiger partial charge in [-0.2, -0.15) is 5.10 Å². The fourth-order valence-corrected chi connectivity index (χ4v) is 3.26. The number of benzene rings is 1. The quantitative estimate of drug-likeness (QED) is 0.824. The molecule has 2 rings (SSSR count). The molecule has 0 spiro atoms. The summed E-state index contributed by atoms with van der Waals surface area (Å²) >= 11 is 7.88. The zero-order valence-corrected chi connectivity index (χ0v) is 13.0. The van der Waals surface area contributed by atoms with Gasteiger partial charge in [-0.3, -0.25) is 4.68 Å². The summed E-state index contributed by atoms with van der Waals surface area (Å²) in [5, 5.41) is 8.19. The standard InChI is InChI=1S/C14H17ClFN3S/c1-3-19-14(12(15)8-18-19)13(17-2)9-20-11-6-4-10(16)5-7-11/h4-8,13,17H,3,9H2,1-2H3. The lowest BCUT2D eigenvalue weighted by atomic mass is 10.2. The second-order valence-corrected chi connectivity index (χ2v) is 5.80. The number of aromatic nitrogens is 2. The van der Waals surface area contributed by atoms with E-state index in [-0.39, 0.29) is 11.9 Å². The summed E-state index contributed by atoms with van der Waals surface area (Å²) in [7, 11) is 1.90. The van der Waals surface area contributed by atoms with Crippen molar-refractivity contribution in [3.8, 4) is 0 Å². The molecule has 0 aliphatic heterocycles. The van der Waals surface area contributed by atoms with Gasteiger partial charge in [-0.05, 0) is 38.2 Å². The van der Waals surface area contributed by atoms with Gasteiger partial charge in [0.2, 0.25) is 0 Å². The number of thioether (sulfide) groups is 1. The third-order valence-electron chi connectivity index (χ3n) is 3.04. The van der Waals surface area contributed by atoms with Crippen molar-refractivity contribution in [1.82, 2.24) is 15.1 Å². The Kier molecular flexibility index (Phi) is 5.46. The number of nitrogens with zero attached hydrogens (tertiary/aromatic N) is 2. The van der Waals surface area contributed by atoms with Crippen molar-refractivity contribution in [2.45, 2.75) is 24.4 Å². The Bertz CT molecular complexity index is 556. The summed E-state index contributed by atoms with van der Waals surface area (Å²) in [4.78, 5) is 1.03. The Morgan fingerprint density at radius 3 is 2.70 bits per heavy atom. The predicted octanol–water partition coefficient (Wildman–Crippen LogP) is 3.75. The maximum atomic E-state index is 12.9. The first-order chi connectivity index (χ1) is 9.65. The highest BCUT2D eigenvalue weighted by molar-refractivity contribution is 7.99. The van der Waals surface area contributed by atoms with Gasteiger partial charge in [0.25, 0.3) is 0 Å². The molecule has 1 heterocycles. The van der Waals surface area contributed by atoms with E-state index in [1.807, 2.05) is 18.7 Å². The van der Waals surface area contributed by atoms with Gasteiger partial charge in [0.05, 0.1) is 23.0 Å². The van der Waals surface area contributed by atoms with Gasteiger partial charge in [0.15, 0.2) is 0 Å². The van der Waals surface area contributed by atoms with E-state index in [0.717, 1.165) is 22.9 Å². The van der Waals surface area contributed by atoms with Gasteiger partial charge in [-0.25, -0.2) is 4.39 Å². The fourth-order valence-electron chi connectivity index (χ4n) is 1.98. The molecule has 3 nitrogen and oxygen atoms in total. The van der Waals surface area contributed by atoms with Gasteiger partial charge in [0.1, 0.15) is 5.82 Å². The maximum Gasteiger partial charge on any atom is 0.123 e. The van der Waals surface area contributed by atoms with Gasteiger partial charge in [0, 0.05) is 17.2 Å². The number of hydrogen-bond donors (Lipinski definition) is 1. The van der Waals surface area contributed by atoms with Crippen LogP contribution in [0.4, 0.5) is 4.39 Å². The van der Waals surface area contributed by atoms with Crippen molar-refractivity contribution in [2.24, 2.45) is 0 Å². The second-order valence-electron chi connectivity index (χ2n) is 4.30. The lowest BCUT2D eigenvalue weighted by molar-refractivity contribution is 0.549. The van der Waals surface area contributed by atoms with Crippen molar-refractivity contribution < 1.29 is 4.39 Å². The van der Waals surface area contributed by atoms with Crippen LogP contribution in [0.3, 0.4) is 0 Å². The van der Waals surface area contributed by atoms with Crippen molar-refractivity contribution in [3.05, 3.63) is 47.0 Å². The van der Waals surface area contributed by atoms with E-state index in [1.165, 1.54) is 12.1 Å². The molecule has 1 N–H and O–H groups in total. The zero-order chi connectivity index (χ0) is 14.5. The number of hydrogen-bond acceptors (Lipinski definition) is 3. The molecule has 0 fully saturated rings. The fraction of sp³-hybridized carbons (Fsp3) is 0.357. The molecule has 0 saturated carbocycles. The van der Waals surface area contributed by atoms with Crippen LogP contribution in [-0.4, -0.2) is 22.6 Å². The summed E-state index contributed by atoms with van der Waals surface area (Å²) in [6, 6.07) is 6.61. The van der Waals surface area contributed by atoms with Gasteiger partial charge in [-0.15, -0.1) is 11.8 Å². The van der Waals surface area contributed by atoms with Crippen molar-refractivity contribution in [3.63, 3.8) is 0 Å². The Labute approximate surface area is 127 Å². The molecule has 1 aromatic carbocycles. The molecule has 6 heteroatoms. The van der Waals surface area contributed by atoms with Crippen molar-refractivity contribution in [1.29, 1.82) is 0 Å². The van der Waals surface area contributed by atoms with Gasteiger partial charge in [-0.1, -0.05) is 11.6 Å². The molecule has 0 aliphatic carbocycles. The summed E-state index contributed by atoms with van der Waals surface area (Å²) < 4.78 is 14.8. The van der Waals surface area contributed by atoms with Crippen LogP contribution >= 0.6 is 23.4 Å². The van der Waals surface area contributed by atoms with Crippen LogP contribution in [0, 0.1) is 5.82 Å². The molecule has 20 heavy (non-hydrogen) atoms. The number of nitrogens with one attached hydrogen (secondary N) is 1. The largest absolute Gasteiger partial charge is 0.311 e. The average molecular weight is 314 g/mol. The molecule has 1 atom stereocenters. The molecule has 1 unspecified atom stereocenters. The molecule has 0 saturated heterocycles. The van der Waals surface area contributed by atoms with Crippen LogP contribution in [-0.2, 0) is 6.54 Å². The van der Waals surface area contributed by atoms with E-state index in [2.05, 4.69) is 10.4 Å². The molecular formula is C14H17ClFN3S. The highest BCUT2D eigenvalue weighted by Gasteiger charge is 2.18. The summed E-state index contributed by atoms with van der Waals surface area (Å²) in [6.45, 7) is 2.81. The van der Waals surface area contributed by atoms with Crippen LogP contribution in [0.1, 0.15) is 18.7 Å². The number of halogens is 2. The maximum absolute atomic E-state index is 12.9. The Morgan fingerprint density at radius 1 is 1.40 bits per heavy atom. The minimum Gasteiger partial charge on any atom is -0.311 e. The van der Waals surface area contributed by atoms with E-state index in [1.54, 1.807) is 30.1 Å². The second kappa shape index (κ2) is 7.11. The van der Waals surface area contributed by atoms with E-state index in [4.69, 9.17) is 11.6 Å². The van der Waals surface area contributed by atoms with E-state index >= 15 is 0 Å². The molecular weight excluding hydrogens is 297 g/mol. The first-order valence-electron chi connectivity index (χ1n) is 6.42. The monoisotopic (exact) mass is 313 g/mol. The van der Waals surface area contributed by atoms with E-state index in [0.29, 0.717) is 5.02 Å². The third kappa shape index (κ3) is 3.53. The molecule has 2 aromatic rings. The smallest absolute Gasteiger partial charge is 0.123 e. The van der Waals surface area contributed by atoms with Crippen LogP contribution in [0.25, 0.3) is 0 Å². The van der Waals surface area contributed by atoms with Gasteiger partial charge >= 0.3 is 0 Å². The van der Waals surface area contributed by atoms with Gasteiger partial charge < -0.3 is 5.32 Å². The minimum absolute atomic E-state index is 0.0972. The van der Waals surface area contributed by atoms with Crippen LogP contribution in [0.2, 0.25) is 5.02 Å². The Balaban J connectivity index is 2.09. The van der Waals surface area contributed by atoms with Crippen LogP contribution < -0.4 is 5.32 Å². The molecule has 0 radical (unpaired) electrons. The average Bonchev–Trinajstić information content (AvgIpc) is 2.83. The molecule has 108 valence electrons. The first-order valence-corrected chi connectivity index (χ1v) is 7.79. The molecule has 1 aromatic heterocycles. The summed E-state index contributed by atoms with van der Waals surface area (Å²) in [5.41, 5.74) is 0.992. The van der Waals surface area contributed by atoms with E-state index < -0.39 is 0 Å². The lowest BCUT2D eigenvalue weighted by Crippen LogP contribution is -2.22. The van der Waals surface area contributed by atoms with Crippen LogP contribution in [0.5, 0.6) is 0 Å². The highest BCUT2D eigenvalue weighted by Crippen LogP contribution is 2.28. The normalized spacial score (nSPS) is 12.6. The van der Waals surface area contributed by atoms with E-state index in [9.17, 15) is 4.39 Å². The molecule has 0 bridgehead atoms. The van der Waals surface area contributed by atoms with Crippen LogP contribution in [0.15, 0.2) is 35.4 Å². The van der Waals surface area contributed by atoms with Crippen molar-refractivity contribution >= 4 is 23.4 Å². The SMILES string of the molecule is CCn1ncc(Cl)c1C(CSc1ccc(F)cc1)NC. The number of rotatable bonds is 6. The topological polar surface area (TPSA) is 29.9 Å². The predicted molar refractivity (Wildman–Crippen MR) is 81.8 cm³/mol. The zero-order valence-electron chi connectivity index (χ0n) is 11.4. The van der Waals surface area contributed by atoms with Crippen molar-refractivity contribution in [2.75, 3.05) is 12.8 Å². The highest BCUT2D eigenvalue weighted by atomic mass is 35.5. The number of aryl methyl sites for hydroxylation is 1. The minimum atomic E-state index is -0.216. The lowest BCUT2D eigenvalue weighted by Gasteiger charge is -2.18. The Morgan fingerprint density at radius 2 is 2.10 bits per heavy atom. The third-order valence-corrected chi connectivity index (χ3v) is 4.44. The first kappa shape index (κ1) is 15.4. The summed E-state index contributed by atoms with van der Waals surface area (Å²) in [6.07, 6.45) is 1.67. The Hall–Kier alpha value is -1.04. The molecule has 0 aliphatic rings. The summed E-state index contributed by atoms with van der Waals surface area (Å²) in [5.74, 6) is 0.583. The molecule has 0 amide bonds.